The van der Waals surface area contributed by atoms with Crippen LogP contribution in [0.15, 0.2) is 54.7 Å². The molecule has 0 spiro atoms. The number of fused-ring (bicyclic) bond motifs is 1. The number of amides is 1. The van der Waals surface area contributed by atoms with Gasteiger partial charge < -0.3 is 29.7 Å². The van der Waals surface area contributed by atoms with E-state index in [1.54, 1.807) is 18.4 Å². The van der Waals surface area contributed by atoms with Crippen molar-refractivity contribution >= 4 is 50.5 Å². The van der Waals surface area contributed by atoms with Crippen LogP contribution in [0.2, 0.25) is 0 Å². The minimum absolute atomic E-state index is 0.274. The normalized spacial score (nSPS) is 14.1. The predicted octanol–water partition coefficient (Wildman–Crippen LogP) is 4.33. The number of benzene rings is 1. The maximum Gasteiger partial charge on any atom is 0.247 e. The molecule has 0 bridgehead atoms. The summed E-state index contributed by atoms with van der Waals surface area (Å²) < 4.78 is 8.79. The van der Waals surface area contributed by atoms with Gasteiger partial charge in [0.25, 0.3) is 0 Å². The second-order valence-electron chi connectivity index (χ2n) is 8.77. The van der Waals surface area contributed by atoms with Crippen molar-refractivity contribution in [3.8, 4) is 17.0 Å². The average molecular weight is 504 g/mol. The van der Waals surface area contributed by atoms with Crippen LogP contribution in [0.3, 0.4) is 0 Å². The van der Waals surface area contributed by atoms with Crippen LogP contribution in [0.5, 0.6) is 5.75 Å². The van der Waals surface area contributed by atoms with Gasteiger partial charge in [-0.05, 0) is 36.7 Å². The summed E-state index contributed by atoms with van der Waals surface area (Å²) in [5.74, 6) is 0.811. The van der Waals surface area contributed by atoms with Crippen molar-refractivity contribution in [1.29, 1.82) is 0 Å². The third-order valence-corrected chi connectivity index (χ3v) is 7.17. The molecule has 4 heterocycles. The number of rotatable bonds is 7. The lowest BCUT2D eigenvalue weighted by Crippen LogP contribution is -2.44. The number of anilines is 4. The number of hydrogen-bond acceptors (Lipinski definition) is 8. The fourth-order valence-electron chi connectivity index (χ4n) is 4.31. The Morgan fingerprint density at radius 2 is 1.94 bits per heavy atom. The van der Waals surface area contributed by atoms with E-state index >= 15 is 0 Å². The predicted molar refractivity (Wildman–Crippen MR) is 147 cm³/mol. The highest BCUT2D eigenvalue weighted by Gasteiger charge is 2.21. The number of aryl methyl sites for hydroxylation is 1. The standard InChI is InChI=1S/C26H29N7O2S/c1-5-23(34)27-19-14-20(22(35-4)15-21(19)33-11-9-31(2)10-12-33)29-26-28-18-7-13-36-25(18)24(30-26)17-6-8-32(3)16-17/h5-8,13-16H,1,9-12H2,2-4H3,(H,27,34)(H,28,29,30). The SMILES string of the molecule is C=CC(=O)Nc1cc(Nc2nc(-c3ccn(C)c3)c3sccc3n2)c(OC)cc1N1CCN(C)CC1. The van der Waals surface area contributed by atoms with Gasteiger partial charge in [-0.25, -0.2) is 9.97 Å². The average Bonchev–Trinajstić information content (AvgIpc) is 3.53. The molecule has 0 unspecified atom stereocenters. The summed E-state index contributed by atoms with van der Waals surface area (Å²) in [5, 5.41) is 8.32. The van der Waals surface area contributed by atoms with Crippen molar-refractivity contribution in [2.24, 2.45) is 7.05 Å². The minimum atomic E-state index is -0.274. The van der Waals surface area contributed by atoms with Crippen LogP contribution in [0.1, 0.15) is 0 Å². The van der Waals surface area contributed by atoms with Crippen LogP contribution in [0.25, 0.3) is 21.5 Å². The quantitative estimate of drug-likeness (QED) is 0.363. The monoisotopic (exact) mass is 503 g/mol. The number of carbonyl (C=O) groups is 1. The van der Waals surface area contributed by atoms with Crippen molar-refractivity contribution in [2.75, 3.05) is 55.9 Å². The molecule has 1 aromatic carbocycles. The van der Waals surface area contributed by atoms with E-state index in [0.717, 1.165) is 53.3 Å². The number of hydrogen-bond donors (Lipinski definition) is 2. The van der Waals surface area contributed by atoms with Gasteiger partial charge in [-0.3, -0.25) is 4.79 Å². The highest BCUT2D eigenvalue weighted by molar-refractivity contribution is 7.17. The lowest BCUT2D eigenvalue weighted by Gasteiger charge is -2.35. The Balaban J connectivity index is 1.56. The third kappa shape index (κ3) is 4.77. The first-order valence-corrected chi connectivity index (χ1v) is 12.6. The molecule has 0 atom stereocenters. The molecular formula is C26H29N7O2S. The van der Waals surface area contributed by atoms with E-state index in [0.29, 0.717) is 23.1 Å². The van der Waals surface area contributed by atoms with Crippen LogP contribution in [-0.4, -0.2) is 65.7 Å². The molecule has 1 aliphatic rings. The van der Waals surface area contributed by atoms with E-state index in [2.05, 4.69) is 34.1 Å². The van der Waals surface area contributed by atoms with Crippen molar-refractivity contribution < 1.29 is 9.53 Å². The van der Waals surface area contributed by atoms with Gasteiger partial charge in [0.05, 0.1) is 40.1 Å². The summed E-state index contributed by atoms with van der Waals surface area (Å²) in [6.07, 6.45) is 5.31. The van der Waals surface area contributed by atoms with E-state index < -0.39 is 0 Å². The maximum atomic E-state index is 12.3. The van der Waals surface area contributed by atoms with Crippen LogP contribution in [-0.2, 0) is 11.8 Å². The van der Waals surface area contributed by atoms with Gasteiger partial charge in [-0.2, -0.15) is 0 Å². The lowest BCUT2D eigenvalue weighted by atomic mass is 10.1. The largest absolute Gasteiger partial charge is 0.494 e. The van der Waals surface area contributed by atoms with Crippen LogP contribution >= 0.6 is 11.3 Å². The summed E-state index contributed by atoms with van der Waals surface area (Å²) >= 11 is 1.62. The molecular weight excluding hydrogens is 474 g/mol. The highest BCUT2D eigenvalue weighted by Crippen LogP contribution is 2.39. The molecule has 1 amide bonds. The maximum absolute atomic E-state index is 12.3. The number of piperazine rings is 1. The number of likely N-dealkylation sites (N-methyl/N-ethyl adjacent to an activating group) is 1. The van der Waals surface area contributed by atoms with Crippen molar-refractivity contribution in [2.45, 2.75) is 0 Å². The molecule has 0 saturated carbocycles. The van der Waals surface area contributed by atoms with Gasteiger partial charge >= 0.3 is 0 Å². The fourth-order valence-corrected chi connectivity index (χ4v) is 5.15. The fraction of sp³-hybridized carbons (Fsp3) is 0.269. The van der Waals surface area contributed by atoms with E-state index in [-0.39, 0.29) is 5.91 Å². The Bertz CT molecular complexity index is 1420. The third-order valence-electron chi connectivity index (χ3n) is 6.26. The number of aromatic nitrogens is 3. The molecule has 1 aliphatic heterocycles. The van der Waals surface area contributed by atoms with Gasteiger partial charge in [-0.1, -0.05) is 6.58 Å². The zero-order valence-electron chi connectivity index (χ0n) is 20.6. The summed E-state index contributed by atoms with van der Waals surface area (Å²) in [6.45, 7) is 7.18. The molecule has 36 heavy (non-hydrogen) atoms. The first-order valence-electron chi connectivity index (χ1n) is 11.7. The van der Waals surface area contributed by atoms with Crippen molar-refractivity contribution in [3.63, 3.8) is 0 Å². The Morgan fingerprint density at radius 3 is 2.64 bits per heavy atom. The van der Waals surface area contributed by atoms with Crippen LogP contribution in [0.4, 0.5) is 23.0 Å². The second kappa shape index (κ2) is 10.00. The molecule has 3 aromatic heterocycles. The number of thiophene rings is 1. The van der Waals surface area contributed by atoms with Crippen LogP contribution < -0.4 is 20.3 Å². The molecule has 186 valence electrons. The molecule has 1 saturated heterocycles. The van der Waals surface area contributed by atoms with Gasteiger partial charge in [0.2, 0.25) is 11.9 Å². The number of nitrogens with one attached hydrogen (secondary N) is 2. The Labute approximate surface area is 214 Å². The molecule has 0 radical (unpaired) electrons. The molecule has 1 fully saturated rings. The second-order valence-corrected chi connectivity index (χ2v) is 9.69. The molecule has 9 nitrogen and oxygen atoms in total. The molecule has 5 rings (SSSR count). The number of carbonyl (C=O) groups excluding carboxylic acids is 1. The Hall–Kier alpha value is -3.89. The number of methoxy groups -OCH3 is 1. The van der Waals surface area contributed by atoms with E-state index in [9.17, 15) is 4.79 Å². The van der Waals surface area contributed by atoms with Crippen LogP contribution in [0, 0.1) is 0 Å². The van der Waals surface area contributed by atoms with Gasteiger partial charge in [0.1, 0.15) is 5.75 Å². The molecule has 4 aromatic rings. The van der Waals surface area contributed by atoms with Crippen molar-refractivity contribution in [3.05, 3.63) is 54.7 Å². The van der Waals surface area contributed by atoms with Gasteiger partial charge in [0, 0.05) is 57.3 Å². The molecule has 0 aliphatic carbocycles. The smallest absolute Gasteiger partial charge is 0.247 e. The zero-order valence-corrected chi connectivity index (χ0v) is 21.4. The van der Waals surface area contributed by atoms with Gasteiger partial charge in [-0.15, -0.1) is 11.3 Å². The lowest BCUT2D eigenvalue weighted by molar-refractivity contribution is -0.111. The Morgan fingerprint density at radius 1 is 1.14 bits per heavy atom. The minimum Gasteiger partial charge on any atom is -0.494 e. The van der Waals surface area contributed by atoms with Gasteiger partial charge in [0.15, 0.2) is 0 Å². The number of nitrogens with zero attached hydrogens (tertiary/aromatic N) is 5. The van der Waals surface area contributed by atoms with E-state index in [4.69, 9.17) is 14.7 Å². The molecule has 10 heteroatoms. The summed E-state index contributed by atoms with van der Waals surface area (Å²) in [7, 11) is 5.73. The number of ether oxygens (including phenoxy) is 1. The summed E-state index contributed by atoms with van der Waals surface area (Å²) in [5.41, 5.74) is 4.98. The van der Waals surface area contributed by atoms with E-state index in [1.807, 2.05) is 53.7 Å². The first kappa shape index (κ1) is 23.8. The Kier molecular flexibility index (Phi) is 6.62. The van der Waals surface area contributed by atoms with E-state index in [1.165, 1.54) is 6.08 Å². The van der Waals surface area contributed by atoms with Crippen molar-refractivity contribution in [1.82, 2.24) is 19.4 Å². The molecule has 2 N–H and O–H groups in total. The first-order chi connectivity index (χ1) is 17.4. The zero-order chi connectivity index (χ0) is 25.2. The topological polar surface area (TPSA) is 87.5 Å². The summed E-state index contributed by atoms with van der Waals surface area (Å²) in [6, 6.07) is 7.85. The highest BCUT2D eigenvalue weighted by atomic mass is 32.1. The summed E-state index contributed by atoms with van der Waals surface area (Å²) in [4.78, 5) is 26.4.